The van der Waals surface area contributed by atoms with Gasteiger partial charge in [0.05, 0.1) is 13.7 Å². The summed E-state index contributed by atoms with van der Waals surface area (Å²) in [7, 11) is 1.53. The smallest absolute Gasteiger partial charge is 0.330 e. The fraction of sp³-hybridized carbons (Fsp3) is 0.263. The van der Waals surface area contributed by atoms with Gasteiger partial charge < -0.3 is 24.6 Å². The van der Waals surface area contributed by atoms with Crippen LogP contribution in [0.1, 0.15) is 17.2 Å². The van der Waals surface area contributed by atoms with Crippen molar-refractivity contribution in [3.63, 3.8) is 0 Å². The standard InChI is InChI=1S/C19H19NO6/c1-24-14-3-2-4-15(10-14)26-11-17(21)20-18(19(22)23)13-5-6-16-12(9-13)7-8-25-16/h2-6,9-10,18H,7-8,11H2,1H3,(H,20,21)(H,22,23). The Kier molecular flexibility index (Phi) is 5.26. The molecule has 136 valence electrons. The van der Waals surface area contributed by atoms with Crippen molar-refractivity contribution in [3.05, 3.63) is 53.6 Å². The molecule has 1 aliphatic heterocycles. The zero-order valence-corrected chi connectivity index (χ0v) is 14.2. The van der Waals surface area contributed by atoms with Gasteiger partial charge in [-0.05, 0) is 35.4 Å². The first kappa shape index (κ1) is 17.6. The molecule has 7 nitrogen and oxygen atoms in total. The summed E-state index contributed by atoms with van der Waals surface area (Å²) in [6, 6.07) is 10.8. The van der Waals surface area contributed by atoms with Crippen molar-refractivity contribution in [1.82, 2.24) is 5.32 Å². The van der Waals surface area contributed by atoms with Gasteiger partial charge in [0.2, 0.25) is 0 Å². The molecule has 3 rings (SSSR count). The minimum Gasteiger partial charge on any atom is -0.497 e. The van der Waals surface area contributed by atoms with E-state index < -0.39 is 17.9 Å². The highest BCUT2D eigenvalue weighted by Crippen LogP contribution is 2.28. The van der Waals surface area contributed by atoms with Crippen LogP contribution >= 0.6 is 0 Å². The van der Waals surface area contributed by atoms with Gasteiger partial charge >= 0.3 is 5.97 Å². The lowest BCUT2D eigenvalue weighted by molar-refractivity contribution is -0.142. The first-order valence-electron chi connectivity index (χ1n) is 8.11. The number of nitrogens with one attached hydrogen (secondary N) is 1. The quantitative estimate of drug-likeness (QED) is 0.787. The molecule has 26 heavy (non-hydrogen) atoms. The van der Waals surface area contributed by atoms with Crippen LogP contribution in [-0.4, -0.2) is 37.3 Å². The van der Waals surface area contributed by atoms with E-state index in [-0.39, 0.29) is 6.61 Å². The fourth-order valence-electron chi connectivity index (χ4n) is 2.72. The van der Waals surface area contributed by atoms with Gasteiger partial charge in [0.1, 0.15) is 17.2 Å². The SMILES string of the molecule is COc1cccc(OCC(=O)NC(C(=O)O)c2ccc3c(c2)CCO3)c1. The van der Waals surface area contributed by atoms with Gasteiger partial charge in [0, 0.05) is 12.5 Å². The maximum Gasteiger partial charge on any atom is 0.330 e. The predicted octanol–water partition coefficient (Wildman–Crippen LogP) is 1.95. The number of ether oxygens (including phenoxy) is 3. The number of benzene rings is 2. The van der Waals surface area contributed by atoms with Crippen LogP contribution in [0.3, 0.4) is 0 Å². The van der Waals surface area contributed by atoms with Crippen molar-refractivity contribution >= 4 is 11.9 Å². The Morgan fingerprint density at radius 1 is 1.23 bits per heavy atom. The van der Waals surface area contributed by atoms with Crippen LogP contribution in [0.5, 0.6) is 17.2 Å². The number of rotatable bonds is 7. The number of methoxy groups -OCH3 is 1. The molecule has 1 unspecified atom stereocenters. The fourth-order valence-corrected chi connectivity index (χ4v) is 2.72. The lowest BCUT2D eigenvalue weighted by atomic mass is 10.0. The molecule has 1 aliphatic rings. The van der Waals surface area contributed by atoms with Crippen molar-refractivity contribution in [2.24, 2.45) is 0 Å². The van der Waals surface area contributed by atoms with E-state index >= 15 is 0 Å². The van der Waals surface area contributed by atoms with Gasteiger partial charge in [0.25, 0.3) is 5.91 Å². The van der Waals surface area contributed by atoms with Crippen LogP contribution in [0.15, 0.2) is 42.5 Å². The Morgan fingerprint density at radius 3 is 2.81 bits per heavy atom. The third-order valence-corrected chi connectivity index (χ3v) is 4.01. The summed E-state index contributed by atoms with van der Waals surface area (Å²) in [4.78, 5) is 23.7. The summed E-state index contributed by atoms with van der Waals surface area (Å²) in [5.41, 5.74) is 1.44. The Labute approximate surface area is 150 Å². The molecular weight excluding hydrogens is 338 g/mol. The zero-order valence-electron chi connectivity index (χ0n) is 14.2. The normalized spacial score (nSPS) is 13.3. The van der Waals surface area contributed by atoms with Crippen LogP contribution < -0.4 is 19.5 Å². The highest BCUT2D eigenvalue weighted by molar-refractivity contribution is 5.85. The van der Waals surface area contributed by atoms with Crippen molar-refractivity contribution < 1.29 is 28.9 Å². The monoisotopic (exact) mass is 357 g/mol. The highest BCUT2D eigenvalue weighted by Gasteiger charge is 2.24. The lowest BCUT2D eigenvalue weighted by Crippen LogP contribution is -2.36. The molecule has 2 aromatic carbocycles. The van der Waals surface area contributed by atoms with E-state index in [4.69, 9.17) is 14.2 Å². The second-order valence-electron chi connectivity index (χ2n) is 5.77. The van der Waals surface area contributed by atoms with E-state index in [9.17, 15) is 14.7 Å². The highest BCUT2D eigenvalue weighted by atomic mass is 16.5. The van der Waals surface area contributed by atoms with Crippen molar-refractivity contribution in [3.8, 4) is 17.2 Å². The number of carboxylic acid groups (broad SMARTS) is 1. The van der Waals surface area contributed by atoms with Crippen LogP contribution in [0.25, 0.3) is 0 Å². The molecule has 2 N–H and O–H groups in total. The van der Waals surface area contributed by atoms with Crippen LogP contribution in [-0.2, 0) is 16.0 Å². The van der Waals surface area contributed by atoms with E-state index in [1.807, 2.05) is 0 Å². The van der Waals surface area contributed by atoms with Crippen LogP contribution in [0.2, 0.25) is 0 Å². The summed E-state index contributed by atoms with van der Waals surface area (Å²) in [5.74, 6) is 0.147. The summed E-state index contributed by atoms with van der Waals surface area (Å²) in [6.45, 7) is 0.280. The second-order valence-corrected chi connectivity index (χ2v) is 5.77. The van der Waals surface area contributed by atoms with E-state index in [0.717, 1.165) is 17.7 Å². The van der Waals surface area contributed by atoms with Crippen molar-refractivity contribution in [2.45, 2.75) is 12.5 Å². The number of hydrogen-bond donors (Lipinski definition) is 2. The number of carbonyl (C=O) groups is 2. The summed E-state index contributed by atoms with van der Waals surface area (Å²) in [5, 5.41) is 12.0. The van der Waals surface area contributed by atoms with Gasteiger partial charge in [-0.3, -0.25) is 4.79 Å². The summed E-state index contributed by atoms with van der Waals surface area (Å²) < 4.78 is 15.9. The Balaban J connectivity index is 1.64. The minimum absolute atomic E-state index is 0.301. The van der Waals surface area contributed by atoms with Gasteiger partial charge in [-0.15, -0.1) is 0 Å². The molecule has 0 saturated carbocycles. The van der Waals surface area contributed by atoms with E-state index in [1.54, 1.807) is 42.5 Å². The molecule has 0 fully saturated rings. The average Bonchev–Trinajstić information content (AvgIpc) is 3.12. The third-order valence-electron chi connectivity index (χ3n) is 4.01. The van der Waals surface area contributed by atoms with E-state index in [2.05, 4.69) is 5.32 Å². The maximum atomic E-state index is 12.1. The molecule has 7 heteroatoms. The maximum absolute atomic E-state index is 12.1. The lowest BCUT2D eigenvalue weighted by Gasteiger charge is -2.16. The molecule has 0 aromatic heterocycles. The predicted molar refractivity (Wildman–Crippen MR) is 92.6 cm³/mol. The second kappa shape index (κ2) is 7.77. The zero-order chi connectivity index (χ0) is 18.5. The number of hydrogen-bond acceptors (Lipinski definition) is 5. The topological polar surface area (TPSA) is 94.1 Å². The number of fused-ring (bicyclic) bond motifs is 1. The van der Waals surface area contributed by atoms with Gasteiger partial charge in [0.15, 0.2) is 12.6 Å². The van der Waals surface area contributed by atoms with E-state index in [1.165, 1.54) is 7.11 Å². The first-order valence-corrected chi connectivity index (χ1v) is 8.11. The summed E-state index contributed by atoms with van der Waals surface area (Å²) >= 11 is 0. The first-order chi connectivity index (χ1) is 12.6. The van der Waals surface area contributed by atoms with Crippen molar-refractivity contribution in [2.75, 3.05) is 20.3 Å². The molecule has 0 aliphatic carbocycles. The van der Waals surface area contributed by atoms with Gasteiger partial charge in [-0.1, -0.05) is 12.1 Å². The number of carboxylic acids is 1. The Hall–Kier alpha value is -3.22. The Bertz CT molecular complexity index is 819. The molecule has 1 heterocycles. The molecule has 1 amide bonds. The number of carbonyl (C=O) groups excluding carboxylic acids is 1. The van der Waals surface area contributed by atoms with Crippen LogP contribution in [0.4, 0.5) is 0 Å². The molecule has 0 bridgehead atoms. The molecule has 0 spiro atoms. The Morgan fingerprint density at radius 2 is 2.04 bits per heavy atom. The number of amides is 1. The molecular formula is C19H19NO6. The van der Waals surface area contributed by atoms with Crippen LogP contribution in [0, 0.1) is 0 Å². The summed E-state index contributed by atoms with van der Waals surface area (Å²) in [6.07, 6.45) is 0.725. The van der Waals surface area contributed by atoms with Crippen molar-refractivity contribution in [1.29, 1.82) is 0 Å². The number of aliphatic carboxylic acids is 1. The van der Waals surface area contributed by atoms with E-state index in [0.29, 0.717) is 23.7 Å². The van der Waals surface area contributed by atoms with Gasteiger partial charge in [-0.25, -0.2) is 4.79 Å². The molecule has 0 radical (unpaired) electrons. The minimum atomic E-state index is -1.15. The largest absolute Gasteiger partial charge is 0.497 e. The van der Waals surface area contributed by atoms with Gasteiger partial charge in [-0.2, -0.15) is 0 Å². The molecule has 1 atom stereocenters. The molecule has 2 aromatic rings. The third kappa shape index (κ3) is 4.05. The average molecular weight is 357 g/mol. The molecule has 0 saturated heterocycles.